The third-order valence-corrected chi connectivity index (χ3v) is 8.88. The second kappa shape index (κ2) is 11.9. The van der Waals surface area contributed by atoms with Gasteiger partial charge in [-0.3, -0.25) is 0 Å². The van der Waals surface area contributed by atoms with Gasteiger partial charge in [0.1, 0.15) is 17.4 Å². The van der Waals surface area contributed by atoms with E-state index in [1.54, 1.807) is 0 Å². The largest absolute Gasteiger partial charge is 0.432 e. The maximum Gasteiger partial charge on any atom is 0.400 e. The zero-order valence-corrected chi connectivity index (χ0v) is 22.2. The summed E-state index contributed by atoms with van der Waals surface area (Å²) in [4.78, 5) is 0. The van der Waals surface area contributed by atoms with Gasteiger partial charge in [0.25, 0.3) is 0 Å². The van der Waals surface area contributed by atoms with Crippen LogP contribution in [0.5, 0.6) is 5.75 Å². The molecule has 2 aliphatic carbocycles. The first kappa shape index (κ1) is 27.9. The van der Waals surface area contributed by atoms with Gasteiger partial charge in [-0.1, -0.05) is 31.9 Å². The standard InChI is InChI=1S/C31H35F4NO3/c1-19-2-6-21(7-3-19)24-17-37-30(38-18-24)23-10-12-25(13-11-23)31(34,35)39-26-14-27(32)29(28(33)15-26)22-8-4-20(16-36)5-9-22/h4-5,8-9,14-15,19,21,23-25,30H,2-3,6-7,10-13,17-18H2,1H3. The molecule has 5 rings (SSSR count). The topological polar surface area (TPSA) is 51.5 Å². The lowest BCUT2D eigenvalue weighted by Crippen LogP contribution is -2.43. The quantitative estimate of drug-likeness (QED) is 0.344. The number of nitrogens with zero attached hydrogens (tertiary/aromatic N) is 1. The Hall–Kier alpha value is -2.63. The van der Waals surface area contributed by atoms with Gasteiger partial charge >= 0.3 is 6.11 Å². The van der Waals surface area contributed by atoms with Crippen molar-refractivity contribution in [2.24, 2.45) is 29.6 Å². The Kier molecular flexibility index (Phi) is 8.49. The van der Waals surface area contributed by atoms with Crippen molar-refractivity contribution >= 4 is 0 Å². The molecule has 39 heavy (non-hydrogen) atoms. The molecule has 2 aromatic rings. The minimum absolute atomic E-state index is 0.0472. The van der Waals surface area contributed by atoms with E-state index < -0.39 is 29.4 Å². The van der Waals surface area contributed by atoms with E-state index in [0.717, 1.165) is 18.1 Å². The number of benzene rings is 2. The molecule has 0 spiro atoms. The van der Waals surface area contributed by atoms with Crippen LogP contribution in [0.25, 0.3) is 11.1 Å². The molecular weight excluding hydrogens is 510 g/mol. The number of ether oxygens (including phenoxy) is 3. The van der Waals surface area contributed by atoms with E-state index in [9.17, 15) is 8.78 Å². The van der Waals surface area contributed by atoms with Gasteiger partial charge in [0.05, 0.1) is 36.3 Å². The minimum Gasteiger partial charge on any atom is -0.432 e. The van der Waals surface area contributed by atoms with Crippen molar-refractivity contribution < 1.29 is 31.8 Å². The van der Waals surface area contributed by atoms with Gasteiger partial charge in [-0.25, -0.2) is 8.78 Å². The molecule has 8 heteroatoms. The number of alkyl halides is 2. The maximum atomic E-state index is 15.1. The number of halogens is 4. The second-order valence-electron chi connectivity index (χ2n) is 11.5. The summed E-state index contributed by atoms with van der Waals surface area (Å²) in [5, 5.41) is 8.90. The Balaban J connectivity index is 1.14. The molecule has 0 amide bonds. The fourth-order valence-electron chi connectivity index (χ4n) is 6.40. The van der Waals surface area contributed by atoms with Crippen LogP contribution in [0.15, 0.2) is 36.4 Å². The second-order valence-corrected chi connectivity index (χ2v) is 11.5. The molecule has 4 nitrogen and oxygen atoms in total. The molecule has 3 fully saturated rings. The van der Waals surface area contributed by atoms with Gasteiger partial charge in [0, 0.05) is 24.0 Å². The van der Waals surface area contributed by atoms with Crippen LogP contribution in [-0.2, 0) is 9.47 Å². The molecule has 2 aromatic carbocycles. The molecule has 0 atom stereocenters. The van der Waals surface area contributed by atoms with Crippen molar-refractivity contribution in [2.45, 2.75) is 70.7 Å². The summed E-state index contributed by atoms with van der Waals surface area (Å²) >= 11 is 0. The van der Waals surface area contributed by atoms with Crippen LogP contribution >= 0.6 is 0 Å². The third kappa shape index (κ3) is 6.41. The lowest BCUT2D eigenvalue weighted by atomic mass is 9.76. The highest BCUT2D eigenvalue weighted by Crippen LogP contribution is 2.43. The first-order chi connectivity index (χ1) is 18.7. The Morgan fingerprint density at radius 2 is 1.38 bits per heavy atom. The van der Waals surface area contributed by atoms with Crippen molar-refractivity contribution in [1.29, 1.82) is 5.26 Å². The van der Waals surface area contributed by atoms with E-state index in [0.29, 0.717) is 43.5 Å². The summed E-state index contributed by atoms with van der Waals surface area (Å²) in [5.41, 5.74) is 0.185. The van der Waals surface area contributed by atoms with Crippen molar-refractivity contribution in [3.05, 3.63) is 53.6 Å². The summed E-state index contributed by atoms with van der Waals surface area (Å²) in [6, 6.07) is 9.17. The molecule has 0 bridgehead atoms. The SMILES string of the molecule is CC1CCC(C2COC(C3CCC(C(F)(F)Oc4cc(F)c(-c5ccc(C#N)cc5)c(F)c4)CC3)OC2)CC1. The summed E-state index contributed by atoms with van der Waals surface area (Å²) in [6.07, 6.45) is 2.45. The fourth-order valence-corrected chi connectivity index (χ4v) is 6.40. The fraction of sp³-hybridized carbons (Fsp3) is 0.581. The molecule has 1 heterocycles. The lowest BCUT2D eigenvalue weighted by Gasteiger charge is -2.41. The Labute approximate surface area is 227 Å². The molecule has 0 radical (unpaired) electrons. The van der Waals surface area contributed by atoms with E-state index in [-0.39, 0.29) is 36.2 Å². The predicted octanol–water partition coefficient (Wildman–Crippen LogP) is 8.10. The average Bonchev–Trinajstić information content (AvgIpc) is 2.93. The van der Waals surface area contributed by atoms with Crippen LogP contribution in [0.2, 0.25) is 0 Å². The summed E-state index contributed by atoms with van der Waals surface area (Å²) in [6.45, 7) is 3.63. The maximum absolute atomic E-state index is 15.1. The van der Waals surface area contributed by atoms with Crippen LogP contribution in [0.3, 0.4) is 0 Å². The van der Waals surface area contributed by atoms with Crippen molar-refractivity contribution in [2.75, 3.05) is 13.2 Å². The first-order valence-electron chi connectivity index (χ1n) is 14.0. The number of hydrogen-bond donors (Lipinski definition) is 0. The van der Waals surface area contributed by atoms with Gasteiger partial charge in [-0.15, -0.1) is 0 Å². The zero-order chi connectivity index (χ0) is 27.6. The van der Waals surface area contributed by atoms with Gasteiger partial charge in [0.2, 0.25) is 0 Å². The first-order valence-corrected chi connectivity index (χ1v) is 14.0. The Morgan fingerprint density at radius 3 is 1.95 bits per heavy atom. The predicted molar refractivity (Wildman–Crippen MR) is 138 cm³/mol. The highest BCUT2D eigenvalue weighted by molar-refractivity contribution is 5.66. The number of hydrogen-bond acceptors (Lipinski definition) is 4. The monoisotopic (exact) mass is 545 g/mol. The van der Waals surface area contributed by atoms with Gasteiger partial charge < -0.3 is 14.2 Å². The molecule has 1 saturated heterocycles. The van der Waals surface area contributed by atoms with E-state index in [1.807, 2.05) is 6.07 Å². The van der Waals surface area contributed by atoms with Crippen LogP contribution < -0.4 is 4.74 Å². The van der Waals surface area contributed by atoms with Crippen LogP contribution in [-0.4, -0.2) is 25.6 Å². The minimum atomic E-state index is -3.57. The summed E-state index contributed by atoms with van der Waals surface area (Å²) in [5.74, 6) is -1.76. The van der Waals surface area contributed by atoms with Crippen LogP contribution in [0.1, 0.15) is 63.9 Å². The highest BCUT2D eigenvalue weighted by Gasteiger charge is 2.46. The van der Waals surface area contributed by atoms with E-state index in [1.165, 1.54) is 49.9 Å². The zero-order valence-electron chi connectivity index (χ0n) is 22.2. The van der Waals surface area contributed by atoms with Crippen LogP contribution in [0, 0.1) is 52.6 Å². The highest BCUT2D eigenvalue weighted by atomic mass is 19.3. The van der Waals surface area contributed by atoms with Crippen molar-refractivity contribution in [1.82, 2.24) is 0 Å². The smallest absolute Gasteiger partial charge is 0.400 e. The molecule has 0 aromatic heterocycles. The lowest BCUT2D eigenvalue weighted by molar-refractivity contribution is -0.251. The van der Waals surface area contributed by atoms with E-state index in [2.05, 4.69) is 6.92 Å². The summed E-state index contributed by atoms with van der Waals surface area (Å²) < 4.78 is 76.7. The van der Waals surface area contributed by atoms with Crippen LogP contribution in [0.4, 0.5) is 17.6 Å². The Morgan fingerprint density at radius 1 is 0.821 bits per heavy atom. The number of nitriles is 1. The van der Waals surface area contributed by atoms with Gasteiger partial charge in [-0.05, 0) is 68.1 Å². The molecule has 0 unspecified atom stereocenters. The molecule has 1 aliphatic heterocycles. The normalized spacial score (nSPS) is 29.9. The van der Waals surface area contributed by atoms with E-state index in [4.69, 9.17) is 19.5 Å². The Bertz CT molecular complexity index is 1130. The van der Waals surface area contributed by atoms with Crippen molar-refractivity contribution in [3.63, 3.8) is 0 Å². The molecular formula is C31H35F4NO3. The average molecular weight is 546 g/mol. The summed E-state index contributed by atoms with van der Waals surface area (Å²) in [7, 11) is 0. The van der Waals surface area contributed by atoms with Gasteiger partial charge in [0.15, 0.2) is 6.29 Å². The molecule has 210 valence electrons. The third-order valence-electron chi connectivity index (χ3n) is 8.88. The molecule has 2 saturated carbocycles. The molecule has 0 N–H and O–H groups in total. The molecule has 3 aliphatic rings. The van der Waals surface area contributed by atoms with Gasteiger partial charge in [-0.2, -0.15) is 14.0 Å². The van der Waals surface area contributed by atoms with E-state index >= 15 is 8.78 Å². The number of rotatable bonds is 6. The van der Waals surface area contributed by atoms with Crippen molar-refractivity contribution in [3.8, 4) is 22.9 Å².